The Kier molecular flexibility index (Phi) is 6.51. The molecule has 5 rings (SSSR count). The quantitative estimate of drug-likeness (QED) is 0.249. The van der Waals surface area contributed by atoms with Crippen LogP contribution in [0, 0.1) is 0 Å². The van der Waals surface area contributed by atoms with Gasteiger partial charge in [-0.05, 0) is 72.3 Å². The lowest BCUT2D eigenvalue weighted by atomic mass is 10.2. The number of ether oxygens (including phenoxy) is 1. The average molecular weight is 486 g/mol. The monoisotopic (exact) mass is 485 g/mol. The summed E-state index contributed by atoms with van der Waals surface area (Å²) in [6, 6.07) is 26.5. The van der Waals surface area contributed by atoms with Crippen LogP contribution in [-0.4, -0.2) is 15.1 Å². The number of phenolic OH excluding ortho intramolecular Hbond substituents is 1. The highest BCUT2D eigenvalue weighted by Crippen LogP contribution is 2.38. The Hall–Kier alpha value is -3.74. The number of halogens is 1. The maximum Gasteiger partial charge on any atom is 0.161 e. The Morgan fingerprint density at radius 2 is 1.65 bits per heavy atom. The van der Waals surface area contributed by atoms with Gasteiger partial charge in [-0.15, -0.1) is 0 Å². The number of aromatic hydroxyl groups is 1. The largest absolute Gasteiger partial charge is 0.508 e. The third-order valence-electron chi connectivity index (χ3n) is 5.12. The summed E-state index contributed by atoms with van der Waals surface area (Å²) in [5.41, 5.74) is 3.51. The van der Waals surface area contributed by atoms with Crippen molar-refractivity contribution in [3.8, 4) is 11.5 Å². The number of fused-ring (bicyclic) bond motifs is 1. The summed E-state index contributed by atoms with van der Waals surface area (Å²) < 4.78 is 6.07. The van der Waals surface area contributed by atoms with Crippen LogP contribution >= 0.6 is 23.4 Å². The number of aromatic nitrogens is 2. The number of rotatable bonds is 7. The average Bonchev–Trinajstić information content (AvgIpc) is 2.86. The van der Waals surface area contributed by atoms with E-state index < -0.39 is 0 Å². The second-order valence-electron chi connectivity index (χ2n) is 7.53. The Morgan fingerprint density at radius 3 is 2.47 bits per heavy atom. The predicted molar refractivity (Wildman–Crippen MR) is 137 cm³/mol. The molecule has 0 saturated carbocycles. The Bertz CT molecular complexity index is 1420. The normalized spacial score (nSPS) is 10.9. The fraction of sp³-hybridized carbons (Fsp3) is 0.0370. The number of pyridine rings is 2. The van der Waals surface area contributed by atoms with Gasteiger partial charge in [0.2, 0.25) is 0 Å². The first kappa shape index (κ1) is 22.1. The van der Waals surface area contributed by atoms with Gasteiger partial charge in [0.25, 0.3) is 0 Å². The van der Waals surface area contributed by atoms with Crippen LogP contribution < -0.4 is 10.1 Å². The van der Waals surface area contributed by atoms with Crippen molar-refractivity contribution in [3.05, 3.63) is 108 Å². The van der Waals surface area contributed by atoms with E-state index in [0.29, 0.717) is 17.3 Å². The van der Waals surface area contributed by atoms with E-state index in [1.54, 1.807) is 36.3 Å². The van der Waals surface area contributed by atoms with Gasteiger partial charge in [-0.2, -0.15) is 0 Å². The van der Waals surface area contributed by atoms with Gasteiger partial charge >= 0.3 is 0 Å². The van der Waals surface area contributed by atoms with Crippen molar-refractivity contribution in [1.82, 2.24) is 9.97 Å². The lowest BCUT2D eigenvalue weighted by Crippen LogP contribution is -1.98. The number of anilines is 2. The molecule has 2 N–H and O–H groups in total. The molecule has 34 heavy (non-hydrogen) atoms. The van der Waals surface area contributed by atoms with Crippen LogP contribution in [0.4, 0.5) is 11.4 Å². The van der Waals surface area contributed by atoms with Crippen molar-refractivity contribution in [2.75, 3.05) is 5.32 Å². The highest BCUT2D eigenvalue weighted by Gasteiger charge is 2.11. The van der Waals surface area contributed by atoms with E-state index in [2.05, 4.69) is 15.3 Å². The summed E-state index contributed by atoms with van der Waals surface area (Å²) in [6.07, 6.45) is 3.47. The molecule has 0 aliphatic rings. The maximum atomic E-state index is 9.62. The van der Waals surface area contributed by atoms with Crippen molar-refractivity contribution in [3.63, 3.8) is 0 Å². The SMILES string of the molecule is Oc1ccc(Sc2ccc(OCc3ccc(Cl)cc3)cc2Nc2ccnc3ncccc23)cc1. The van der Waals surface area contributed by atoms with Crippen molar-refractivity contribution in [1.29, 1.82) is 0 Å². The Morgan fingerprint density at radius 1 is 0.853 bits per heavy atom. The smallest absolute Gasteiger partial charge is 0.161 e. The molecule has 0 spiro atoms. The topological polar surface area (TPSA) is 67.3 Å². The second kappa shape index (κ2) is 10.0. The molecule has 0 atom stereocenters. The molecule has 0 aliphatic heterocycles. The zero-order valence-corrected chi connectivity index (χ0v) is 19.6. The molecule has 7 heteroatoms. The van der Waals surface area contributed by atoms with E-state index in [9.17, 15) is 5.11 Å². The Balaban J connectivity index is 1.46. The lowest BCUT2D eigenvalue weighted by Gasteiger charge is -2.16. The molecule has 5 nitrogen and oxygen atoms in total. The van der Waals surface area contributed by atoms with E-state index in [4.69, 9.17) is 16.3 Å². The highest BCUT2D eigenvalue weighted by atomic mass is 35.5. The van der Waals surface area contributed by atoms with Crippen molar-refractivity contribution >= 4 is 45.8 Å². The first-order chi connectivity index (χ1) is 16.6. The van der Waals surface area contributed by atoms with Crippen LogP contribution in [0.5, 0.6) is 11.5 Å². The molecule has 5 aromatic rings. The number of hydrogen-bond donors (Lipinski definition) is 2. The first-order valence-electron chi connectivity index (χ1n) is 10.6. The second-order valence-corrected chi connectivity index (χ2v) is 9.08. The zero-order chi connectivity index (χ0) is 23.3. The van der Waals surface area contributed by atoms with Gasteiger partial charge in [-0.1, -0.05) is 35.5 Å². The molecule has 168 valence electrons. The highest BCUT2D eigenvalue weighted by molar-refractivity contribution is 7.99. The van der Waals surface area contributed by atoms with E-state index in [0.717, 1.165) is 37.9 Å². The molecule has 0 aliphatic carbocycles. The standard InChI is InChI=1S/C27H20ClN3O2S/c28-19-5-3-18(4-6-19)17-33-21-9-12-26(34-22-10-7-20(32)8-11-22)25(16-21)31-24-13-15-30-27-23(24)2-1-14-29-27/h1-16,32H,17H2,(H,29,30,31). The van der Waals surface area contributed by atoms with Gasteiger partial charge in [0.1, 0.15) is 18.1 Å². The third kappa shape index (κ3) is 5.25. The molecule has 2 heterocycles. The number of benzene rings is 3. The molecular weight excluding hydrogens is 466 g/mol. The fourth-order valence-corrected chi connectivity index (χ4v) is 4.42. The van der Waals surface area contributed by atoms with Crippen LogP contribution in [0.15, 0.2) is 107 Å². The summed E-state index contributed by atoms with van der Waals surface area (Å²) in [4.78, 5) is 10.7. The van der Waals surface area contributed by atoms with Crippen molar-refractivity contribution in [2.45, 2.75) is 16.4 Å². The summed E-state index contributed by atoms with van der Waals surface area (Å²) in [7, 11) is 0. The molecule has 0 bridgehead atoms. The molecule has 3 aromatic carbocycles. The number of nitrogens with zero attached hydrogens (tertiary/aromatic N) is 2. The predicted octanol–water partition coefficient (Wildman–Crippen LogP) is 7.46. The van der Waals surface area contributed by atoms with E-state index in [1.165, 1.54) is 0 Å². The van der Waals surface area contributed by atoms with Crippen molar-refractivity contribution in [2.24, 2.45) is 0 Å². The van der Waals surface area contributed by atoms with Crippen LogP contribution in [0.2, 0.25) is 5.02 Å². The summed E-state index contributed by atoms with van der Waals surface area (Å²) in [5, 5.41) is 14.8. The van der Waals surface area contributed by atoms with Gasteiger partial charge in [0.15, 0.2) is 5.65 Å². The molecule has 0 unspecified atom stereocenters. The van der Waals surface area contributed by atoms with Crippen molar-refractivity contribution < 1.29 is 9.84 Å². The maximum absolute atomic E-state index is 9.62. The van der Waals surface area contributed by atoms with E-state index in [1.807, 2.05) is 72.8 Å². The minimum atomic E-state index is 0.240. The summed E-state index contributed by atoms with van der Waals surface area (Å²) >= 11 is 7.58. The number of phenols is 1. The molecule has 0 fully saturated rings. The lowest BCUT2D eigenvalue weighted by molar-refractivity contribution is 0.306. The van der Waals surface area contributed by atoms with E-state index in [-0.39, 0.29) is 5.75 Å². The van der Waals surface area contributed by atoms with Gasteiger partial charge in [-0.3, -0.25) is 0 Å². The first-order valence-corrected chi connectivity index (χ1v) is 11.8. The van der Waals surface area contributed by atoms with Gasteiger partial charge < -0.3 is 15.2 Å². The van der Waals surface area contributed by atoms with Gasteiger partial charge in [0, 0.05) is 38.7 Å². The van der Waals surface area contributed by atoms with Gasteiger partial charge in [0.05, 0.1) is 11.4 Å². The zero-order valence-electron chi connectivity index (χ0n) is 18.0. The van der Waals surface area contributed by atoms with E-state index >= 15 is 0 Å². The van der Waals surface area contributed by atoms with Crippen LogP contribution in [0.25, 0.3) is 11.0 Å². The summed E-state index contributed by atoms with van der Waals surface area (Å²) in [5.74, 6) is 0.980. The third-order valence-corrected chi connectivity index (χ3v) is 6.45. The number of nitrogens with one attached hydrogen (secondary N) is 1. The van der Waals surface area contributed by atoms with Crippen LogP contribution in [0.3, 0.4) is 0 Å². The fourth-order valence-electron chi connectivity index (χ4n) is 3.41. The molecular formula is C27H20ClN3O2S. The van der Waals surface area contributed by atoms with Crippen LogP contribution in [-0.2, 0) is 6.61 Å². The molecule has 0 amide bonds. The minimum absolute atomic E-state index is 0.240. The van der Waals surface area contributed by atoms with Crippen LogP contribution in [0.1, 0.15) is 5.56 Å². The molecule has 0 saturated heterocycles. The number of hydrogen-bond acceptors (Lipinski definition) is 6. The molecule has 0 radical (unpaired) electrons. The Labute approximate surface area is 206 Å². The summed E-state index contributed by atoms with van der Waals surface area (Å²) in [6.45, 7) is 0.434. The van der Waals surface area contributed by atoms with Gasteiger partial charge in [-0.25, -0.2) is 9.97 Å². The minimum Gasteiger partial charge on any atom is -0.508 e. The molecule has 2 aromatic heterocycles.